The summed E-state index contributed by atoms with van der Waals surface area (Å²) < 4.78 is 3.48. The lowest BCUT2D eigenvalue weighted by molar-refractivity contribution is 0.961. The molecule has 138 valence electrons. The van der Waals surface area contributed by atoms with Crippen molar-refractivity contribution >= 4 is 45.3 Å². The van der Waals surface area contributed by atoms with Crippen LogP contribution in [0.3, 0.4) is 0 Å². The van der Waals surface area contributed by atoms with Crippen LogP contribution in [-0.2, 0) is 0 Å². The maximum Gasteiger partial charge on any atom is 0.149 e. The fourth-order valence-electron chi connectivity index (χ4n) is 3.49. The Bertz CT molecular complexity index is 1230. The third-order valence-corrected chi connectivity index (χ3v) is 6.15. The van der Waals surface area contributed by atoms with E-state index in [0.29, 0.717) is 11.4 Å². The molecule has 0 saturated heterocycles. The van der Waals surface area contributed by atoms with E-state index in [0.717, 1.165) is 33.7 Å². The van der Waals surface area contributed by atoms with Gasteiger partial charge in [0.15, 0.2) is 0 Å². The number of H-pyrrole nitrogens is 1. The van der Waals surface area contributed by atoms with Crippen molar-refractivity contribution < 1.29 is 0 Å². The van der Waals surface area contributed by atoms with Gasteiger partial charge in [-0.25, -0.2) is 4.98 Å². The number of aryl methyl sites for hydroxylation is 2. The number of hydrogen-bond donors (Lipinski definition) is 1. The molecule has 0 unspecified atom stereocenters. The van der Waals surface area contributed by atoms with Crippen LogP contribution in [0.2, 0.25) is 0 Å². The van der Waals surface area contributed by atoms with Gasteiger partial charge in [0.2, 0.25) is 0 Å². The molecule has 0 spiro atoms. The number of aromatic amines is 1. The predicted molar refractivity (Wildman–Crippen MR) is 122 cm³/mol. The summed E-state index contributed by atoms with van der Waals surface area (Å²) >= 11 is 2.35. The summed E-state index contributed by atoms with van der Waals surface area (Å²) in [7, 11) is 0. The second kappa shape index (κ2) is 7.28. The molecule has 2 aromatic carbocycles. The highest BCUT2D eigenvalue weighted by atomic mass is 127. The third-order valence-electron chi connectivity index (χ3n) is 4.93. The van der Waals surface area contributed by atoms with Crippen LogP contribution in [0, 0.1) is 35.7 Å². The van der Waals surface area contributed by atoms with E-state index in [1.807, 2.05) is 30.3 Å². The standard InChI is InChI=1S/C23H19IN4/c1-14-10-19(8-9-20(14)24)28-15(2)11-17(16(28)3)12-18(13-25)23-26-21-6-4-5-7-22(21)27-23/h4-12H,1-3H3,(H,26,27). The maximum absolute atomic E-state index is 9.73. The van der Waals surface area contributed by atoms with E-state index in [2.05, 4.69) is 88.2 Å². The van der Waals surface area contributed by atoms with Crippen molar-refractivity contribution in [2.24, 2.45) is 0 Å². The van der Waals surface area contributed by atoms with Gasteiger partial charge in [-0.05, 0) is 97.0 Å². The molecule has 1 N–H and O–H groups in total. The average Bonchev–Trinajstić information content (AvgIpc) is 3.23. The highest BCUT2D eigenvalue weighted by Gasteiger charge is 2.13. The lowest BCUT2D eigenvalue weighted by atomic mass is 10.1. The molecule has 0 aliphatic heterocycles. The van der Waals surface area contributed by atoms with Crippen LogP contribution in [-0.4, -0.2) is 14.5 Å². The first kappa shape index (κ1) is 18.5. The van der Waals surface area contributed by atoms with Crippen molar-refractivity contribution in [2.75, 3.05) is 0 Å². The van der Waals surface area contributed by atoms with Gasteiger partial charge in [-0.15, -0.1) is 0 Å². The summed E-state index contributed by atoms with van der Waals surface area (Å²) in [6, 6.07) is 18.7. The molecule has 2 aromatic heterocycles. The molecule has 2 heterocycles. The van der Waals surface area contributed by atoms with Crippen molar-refractivity contribution in [3.63, 3.8) is 0 Å². The van der Waals surface area contributed by atoms with Crippen LogP contribution in [0.15, 0.2) is 48.5 Å². The zero-order valence-corrected chi connectivity index (χ0v) is 18.1. The minimum absolute atomic E-state index is 0.523. The summed E-state index contributed by atoms with van der Waals surface area (Å²) in [5.74, 6) is 0.596. The molecule has 4 nitrogen and oxygen atoms in total. The highest BCUT2D eigenvalue weighted by molar-refractivity contribution is 14.1. The molecule has 5 heteroatoms. The van der Waals surface area contributed by atoms with Crippen LogP contribution in [0.5, 0.6) is 0 Å². The molecular formula is C23H19IN4. The first-order valence-electron chi connectivity index (χ1n) is 9.00. The maximum atomic E-state index is 9.73. The second-order valence-corrected chi connectivity index (χ2v) is 8.03. The fraction of sp³-hybridized carbons (Fsp3) is 0.130. The van der Waals surface area contributed by atoms with Gasteiger partial charge < -0.3 is 9.55 Å². The van der Waals surface area contributed by atoms with Crippen LogP contribution in [0.1, 0.15) is 28.3 Å². The van der Waals surface area contributed by atoms with Gasteiger partial charge in [-0.2, -0.15) is 5.26 Å². The van der Waals surface area contributed by atoms with Crippen molar-refractivity contribution in [1.29, 1.82) is 5.26 Å². The minimum atomic E-state index is 0.523. The van der Waals surface area contributed by atoms with E-state index in [1.165, 1.54) is 9.13 Å². The topological polar surface area (TPSA) is 57.4 Å². The Morgan fingerprint density at radius 2 is 1.93 bits per heavy atom. The molecule has 0 atom stereocenters. The SMILES string of the molecule is Cc1cc(-n2c(C)cc(C=C(C#N)c3nc4ccccc4[nH]3)c2C)ccc1I. The zero-order chi connectivity index (χ0) is 19.8. The summed E-state index contributed by atoms with van der Waals surface area (Å²) in [4.78, 5) is 7.81. The molecule has 28 heavy (non-hydrogen) atoms. The monoisotopic (exact) mass is 478 g/mol. The van der Waals surface area contributed by atoms with Gasteiger partial charge >= 0.3 is 0 Å². The van der Waals surface area contributed by atoms with Crippen LogP contribution >= 0.6 is 22.6 Å². The minimum Gasteiger partial charge on any atom is -0.337 e. The molecule has 0 fully saturated rings. The second-order valence-electron chi connectivity index (χ2n) is 6.87. The lowest BCUT2D eigenvalue weighted by Gasteiger charge is -2.11. The average molecular weight is 478 g/mol. The van der Waals surface area contributed by atoms with Crippen molar-refractivity contribution in [3.8, 4) is 11.8 Å². The number of imidazole rings is 1. The van der Waals surface area contributed by atoms with Gasteiger partial charge in [0.05, 0.1) is 16.6 Å². The highest BCUT2D eigenvalue weighted by Crippen LogP contribution is 2.26. The van der Waals surface area contributed by atoms with E-state index in [-0.39, 0.29) is 0 Å². The molecule has 4 aromatic rings. The number of halogens is 1. The number of nitriles is 1. The quantitative estimate of drug-likeness (QED) is 0.292. The Labute approximate surface area is 177 Å². The Balaban J connectivity index is 1.80. The van der Waals surface area contributed by atoms with Crippen LogP contribution < -0.4 is 0 Å². The van der Waals surface area contributed by atoms with E-state index in [1.54, 1.807) is 0 Å². The predicted octanol–water partition coefficient (Wildman–Crippen LogP) is 5.95. The molecule has 0 amide bonds. The number of aromatic nitrogens is 3. The van der Waals surface area contributed by atoms with Gasteiger partial charge in [0.25, 0.3) is 0 Å². The molecule has 0 bridgehead atoms. The van der Waals surface area contributed by atoms with Crippen LogP contribution in [0.25, 0.3) is 28.4 Å². The number of para-hydroxylation sites is 2. The largest absolute Gasteiger partial charge is 0.337 e. The normalized spacial score (nSPS) is 11.8. The Morgan fingerprint density at radius 3 is 2.64 bits per heavy atom. The molecular weight excluding hydrogens is 459 g/mol. The Hall–Kier alpha value is -2.85. The first-order valence-corrected chi connectivity index (χ1v) is 10.1. The number of nitrogens with one attached hydrogen (secondary N) is 1. The van der Waals surface area contributed by atoms with Gasteiger partial charge in [-0.1, -0.05) is 12.1 Å². The molecule has 4 rings (SSSR count). The van der Waals surface area contributed by atoms with E-state index in [9.17, 15) is 5.26 Å². The Kier molecular flexibility index (Phi) is 4.82. The number of benzene rings is 2. The Morgan fingerprint density at radius 1 is 1.14 bits per heavy atom. The molecule has 0 aliphatic carbocycles. The van der Waals surface area contributed by atoms with Gasteiger partial charge in [0.1, 0.15) is 11.9 Å². The van der Waals surface area contributed by atoms with Gasteiger partial charge in [-0.3, -0.25) is 0 Å². The summed E-state index contributed by atoms with van der Waals surface area (Å²) in [5.41, 5.74) is 7.95. The van der Waals surface area contributed by atoms with E-state index < -0.39 is 0 Å². The summed E-state index contributed by atoms with van der Waals surface area (Å²) in [5, 5.41) is 9.73. The summed E-state index contributed by atoms with van der Waals surface area (Å²) in [6.07, 6.45) is 1.91. The molecule has 0 aliphatic rings. The van der Waals surface area contributed by atoms with E-state index >= 15 is 0 Å². The van der Waals surface area contributed by atoms with Crippen molar-refractivity contribution in [2.45, 2.75) is 20.8 Å². The lowest BCUT2D eigenvalue weighted by Crippen LogP contribution is -2.00. The van der Waals surface area contributed by atoms with Crippen LogP contribution in [0.4, 0.5) is 0 Å². The van der Waals surface area contributed by atoms with Gasteiger partial charge in [0, 0.05) is 20.6 Å². The van der Waals surface area contributed by atoms with Crippen molar-refractivity contribution in [3.05, 3.63) is 80.4 Å². The zero-order valence-electron chi connectivity index (χ0n) is 15.9. The smallest absolute Gasteiger partial charge is 0.149 e. The number of fused-ring (bicyclic) bond motifs is 1. The third kappa shape index (κ3) is 3.25. The first-order chi connectivity index (χ1) is 13.5. The number of rotatable bonds is 3. The number of hydrogen-bond acceptors (Lipinski definition) is 2. The van der Waals surface area contributed by atoms with Crippen molar-refractivity contribution in [1.82, 2.24) is 14.5 Å². The molecule has 0 saturated carbocycles. The summed E-state index contributed by atoms with van der Waals surface area (Å²) in [6.45, 7) is 6.29. The molecule has 0 radical (unpaired) electrons. The fourth-order valence-corrected chi connectivity index (χ4v) is 3.82. The van der Waals surface area contributed by atoms with E-state index in [4.69, 9.17) is 0 Å². The number of allylic oxidation sites excluding steroid dienone is 1. The number of nitrogens with zero attached hydrogens (tertiary/aromatic N) is 3.